The Hall–Kier alpha value is -1.42. The lowest BCUT2D eigenvalue weighted by Gasteiger charge is -2.09. The van der Waals surface area contributed by atoms with Gasteiger partial charge < -0.3 is 21.3 Å². The van der Waals surface area contributed by atoms with Gasteiger partial charge in [0, 0.05) is 12.6 Å². The van der Waals surface area contributed by atoms with Crippen molar-refractivity contribution in [3.8, 4) is 11.5 Å². The van der Waals surface area contributed by atoms with E-state index in [2.05, 4.69) is 0 Å². The first-order chi connectivity index (χ1) is 6.15. The van der Waals surface area contributed by atoms with Crippen LogP contribution >= 0.6 is 0 Å². The highest BCUT2D eigenvalue weighted by Crippen LogP contribution is 2.28. The lowest BCUT2D eigenvalue weighted by Crippen LogP contribution is -2.11. The van der Waals surface area contributed by atoms with Gasteiger partial charge in [-0.25, -0.2) is 0 Å². The molecule has 0 saturated carbocycles. The van der Waals surface area contributed by atoms with Gasteiger partial charge >= 0.3 is 0 Å². The third-order valence-electron chi connectivity index (χ3n) is 1.70. The van der Waals surface area contributed by atoms with Crippen LogP contribution in [0.1, 0.15) is 5.56 Å². The summed E-state index contributed by atoms with van der Waals surface area (Å²) in [6.07, 6.45) is 0. The molecule has 0 aliphatic carbocycles. The number of anilines is 1. The zero-order chi connectivity index (χ0) is 9.84. The fourth-order valence-corrected chi connectivity index (χ4v) is 1.01. The van der Waals surface area contributed by atoms with Gasteiger partial charge in [-0.15, -0.1) is 0 Å². The molecule has 4 heteroatoms. The summed E-state index contributed by atoms with van der Waals surface area (Å²) in [4.78, 5) is 0. The predicted molar refractivity (Wildman–Crippen MR) is 51.8 cm³/mol. The van der Waals surface area contributed by atoms with Crippen molar-refractivity contribution in [3.63, 3.8) is 0 Å². The summed E-state index contributed by atoms with van der Waals surface area (Å²) in [6, 6.07) is 3.17. The number of benzene rings is 1. The van der Waals surface area contributed by atoms with E-state index in [1.54, 1.807) is 12.1 Å². The van der Waals surface area contributed by atoms with Gasteiger partial charge in [-0.2, -0.15) is 0 Å². The summed E-state index contributed by atoms with van der Waals surface area (Å²) in [5, 5.41) is 9.24. The normalized spacial score (nSPS) is 10.0. The van der Waals surface area contributed by atoms with Gasteiger partial charge in [0.15, 0.2) is 0 Å². The number of hydrogen-bond donors (Lipinski definition) is 3. The fourth-order valence-electron chi connectivity index (χ4n) is 1.01. The van der Waals surface area contributed by atoms with Gasteiger partial charge in [0.05, 0.1) is 5.69 Å². The van der Waals surface area contributed by atoms with E-state index in [4.69, 9.17) is 16.2 Å². The van der Waals surface area contributed by atoms with Crippen LogP contribution in [0, 0.1) is 6.92 Å². The van der Waals surface area contributed by atoms with E-state index in [-0.39, 0.29) is 5.75 Å². The van der Waals surface area contributed by atoms with E-state index >= 15 is 0 Å². The van der Waals surface area contributed by atoms with Crippen LogP contribution in [0.2, 0.25) is 0 Å². The first kappa shape index (κ1) is 9.67. The Morgan fingerprint density at radius 1 is 1.46 bits per heavy atom. The Morgan fingerprint density at radius 2 is 2.15 bits per heavy atom. The molecule has 0 amide bonds. The fraction of sp³-hybridized carbons (Fsp3) is 0.333. The molecule has 0 aliphatic rings. The van der Waals surface area contributed by atoms with E-state index in [0.717, 1.165) is 5.56 Å². The Labute approximate surface area is 77.1 Å². The maximum absolute atomic E-state index is 9.24. The standard InChI is InChI=1S/C9H14N2O2/c1-6-4-8(12)7(11)5-9(6)13-3-2-10/h4-5,12H,2-3,10-11H2,1H3. The second-order valence-corrected chi connectivity index (χ2v) is 2.81. The number of hydrogen-bond acceptors (Lipinski definition) is 4. The molecular formula is C9H14N2O2. The van der Waals surface area contributed by atoms with E-state index in [1.165, 1.54) is 0 Å². The molecule has 0 radical (unpaired) electrons. The monoisotopic (exact) mass is 182 g/mol. The first-order valence-electron chi connectivity index (χ1n) is 4.07. The number of phenols is 1. The zero-order valence-electron chi connectivity index (χ0n) is 7.58. The highest BCUT2D eigenvalue weighted by Gasteiger charge is 2.04. The van der Waals surface area contributed by atoms with E-state index in [9.17, 15) is 5.11 Å². The molecule has 13 heavy (non-hydrogen) atoms. The molecule has 0 saturated heterocycles. The smallest absolute Gasteiger partial charge is 0.139 e. The Morgan fingerprint density at radius 3 is 2.77 bits per heavy atom. The van der Waals surface area contributed by atoms with Gasteiger partial charge in [0.25, 0.3) is 0 Å². The van der Waals surface area contributed by atoms with Crippen LogP contribution in [0.3, 0.4) is 0 Å². The van der Waals surface area contributed by atoms with Gasteiger partial charge in [0.2, 0.25) is 0 Å². The van der Waals surface area contributed by atoms with Crippen molar-refractivity contribution in [2.75, 3.05) is 18.9 Å². The second kappa shape index (κ2) is 4.00. The molecule has 0 heterocycles. The van der Waals surface area contributed by atoms with Crippen molar-refractivity contribution in [2.24, 2.45) is 5.73 Å². The van der Waals surface area contributed by atoms with Crippen LogP contribution in [-0.4, -0.2) is 18.3 Å². The predicted octanol–water partition coefficient (Wildman–Crippen LogP) is 0.620. The van der Waals surface area contributed by atoms with Gasteiger partial charge in [0.1, 0.15) is 18.1 Å². The van der Waals surface area contributed by atoms with E-state index < -0.39 is 0 Å². The zero-order valence-corrected chi connectivity index (χ0v) is 7.58. The molecule has 0 aromatic heterocycles. The summed E-state index contributed by atoms with van der Waals surface area (Å²) in [7, 11) is 0. The molecule has 0 fully saturated rings. The van der Waals surface area contributed by atoms with Crippen molar-refractivity contribution in [1.82, 2.24) is 0 Å². The number of ether oxygens (including phenoxy) is 1. The van der Waals surface area contributed by atoms with Gasteiger partial charge in [-0.05, 0) is 18.6 Å². The van der Waals surface area contributed by atoms with Gasteiger partial charge in [-0.1, -0.05) is 0 Å². The lowest BCUT2D eigenvalue weighted by molar-refractivity contribution is 0.325. The molecule has 1 aromatic carbocycles. The van der Waals surface area contributed by atoms with E-state index in [0.29, 0.717) is 24.6 Å². The second-order valence-electron chi connectivity index (χ2n) is 2.81. The summed E-state index contributed by atoms with van der Waals surface area (Å²) in [5.41, 5.74) is 12.0. The maximum atomic E-state index is 9.24. The van der Waals surface area contributed by atoms with Crippen LogP contribution in [0.15, 0.2) is 12.1 Å². The number of rotatable bonds is 3. The lowest BCUT2D eigenvalue weighted by atomic mass is 10.2. The number of nitrogens with two attached hydrogens (primary N) is 2. The van der Waals surface area contributed by atoms with Crippen LogP contribution in [-0.2, 0) is 0 Å². The minimum absolute atomic E-state index is 0.0811. The summed E-state index contributed by atoms with van der Waals surface area (Å²) in [6.45, 7) is 2.75. The highest BCUT2D eigenvalue weighted by molar-refractivity contribution is 5.58. The summed E-state index contributed by atoms with van der Waals surface area (Å²) in [5.74, 6) is 0.748. The summed E-state index contributed by atoms with van der Waals surface area (Å²) < 4.78 is 5.31. The molecule has 0 bridgehead atoms. The molecule has 0 aliphatic heterocycles. The van der Waals surface area contributed by atoms with E-state index in [1.807, 2.05) is 6.92 Å². The van der Waals surface area contributed by atoms with Crippen LogP contribution in [0.25, 0.3) is 0 Å². The molecule has 72 valence electrons. The largest absolute Gasteiger partial charge is 0.506 e. The number of nitrogen functional groups attached to an aromatic ring is 1. The van der Waals surface area contributed by atoms with Crippen molar-refractivity contribution >= 4 is 5.69 Å². The minimum atomic E-state index is 0.0811. The minimum Gasteiger partial charge on any atom is -0.506 e. The molecule has 1 rings (SSSR count). The summed E-state index contributed by atoms with van der Waals surface area (Å²) >= 11 is 0. The Balaban J connectivity index is 2.88. The molecular weight excluding hydrogens is 168 g/mol. The molecule has 4 nitrogen and oxygen atoms in total. The third-order valence-corrected chi connectivity index (χ3v) is 1.70. The van der Waals surface area contributed by atoms with Gasteiger partial charge in [-0.3, -0.25) is 0 Å². The number of aromatic hydroxyl groups is 1. The molecule has 1 aromatic rings. The van der Waals surface area contributed by atoms with Crippen LogP contribution < -0.4 is 16.2 Å². The Bertz CT molecular complexity index is 300. The third kappa shape index (κ3) is 2.26. The number of aryl methyl sites for hydroxylation is 1. The average Bonchev–Trinajstić information content (AvgIpc) is 2.09. The maximum Gasteiger partial charge on any atom is 0.139 e. The molecule has 0 unspecified atom stereocenters. The Kier molecular flexibility index (Phi) is 2.97. The number of phenolic OH excluding ortho intramolecular Hbond substituents is 1. The highest BCUT2D eigenvalue weighted by atomic mass is 16.5. The topological polar surface area (TPSA) is 81.5 Å². The SMILES string of the molecule is Cc1cc(O)c(N)cc1OCCN. The van der Waals surface area contributed by atoms with Crippen LogP contribution in [0.5, 0.6) is 11.5 Å². The van der Waals surface area contributed by atoms with Crippen molar-refractivity contribution in [3.05, 3.63) is 17.7 Å². The molecule has 5 N–H and O–H groups in total. The van der Waals surface area contributed by atoms with Crippen molar-refractivity contribution < 1.29 is 9.84 Å². The molecule has 0 spiro atoms. The average molecular weight is 182 g/mol. The van der Waals surface area contributed by atoms with Crippen molar-refractivity contribution in [2.45, 2.75) is 6.92 Å². The quantitative estimate of drug-likeness (QED) is 0.473. The first-order valence-corrected chi connectivity index (χ1v) is 4.07. The molecule has 0 atom stereocenters. The van der Waals surface area contributed by atoms with Crippen LogP contribution in [0.4, 0.5) is 5.69 Å². The van der Waals surface area contributed by atoms with Crippen molar-refractivity contribution in [1.29, 1.82) is 0 Å².